The van der Waals surface area contributed by atoms with Gasteiger partial charge in [0.2, 0.25) is 0 Å². The lowest BCUT2D eigenvalue weighted by atomic mass is 10.1. The molecule has 0 fully saturated rings. The molecule has 0 aliphatic rings. The molecule has 5 aromatic carbocycles. The van der Waals surface area contributed by atoms with Gasteiger partial charge in [0.25, 0.3) is 20.2 Å². The number of thioether (sulfide) groups is 1. The molecule has 0 unspecified atom stereocenters. The lowest BCUT2D eigenvalue weighted by Gasteiger charge is -2.15. The highest BCUT2D eigenvalue weighted by Crippen LogP contribution is 2.36. The highest BCUT2D eigenvalue weighted by atomic mass is 79.9. The fourth-order valence-electron chi connectivity index (χ4n) is 5.66. The highest BCUT2D eigenvalue weighted by Gasteiger charge is 2.32. The first-order chi connectivity index (χ1) is 26.3. The van der Waals surface area contributed by atoms with Crippen molar-refractivity contribution >= 4 is 85.2 Å². The van der Waals surface area contributed by atoms with Crippen LogP contribution in [0, 0.1) is 0 Å². The van der Waals surface area contributed by atoms with Crippen molar-refractivity contribution in [2.75, 3.05) is 0 Å². The third-order valence-electron chi connectivity index (χ3n) is 8.29. The zero-order valence-electron chi connectivity index (χ0n) is 28.1. The maximum absolute atomic E-state index is 13.0. The molecule has 0 aliphatic heterocycles. The Hall–Kier alpha value is -4.35. The Morgan fingerprint density at radius 2 is 1.07 bits per heavy atom. The molecule has 0 bridgehead atoms. The van der Waals surface area contributed by atoms with E-state index >= 15 is 0 Å². The molecule has 0 saturated heterocycles. The maximum atomic E-state index is 13.0. The van der Waals surface area contributed by atoms with Crippen LogP contribution in [0.1, 0.15) is 16.7 Å². The van der Waals surface area contributed by atoms with Gasteiger partial charge < -0.3 is 0 Å². The van der Waals surface area contributed by atoms with Gasteiger partial charge in [-0.25, -0.2) is 8.42 Å². The number of hydrogen-bond acceptors (Lipinski definition) is 5. The van der Waals surface area contributed by atoms with Crippen molar-refractivity contribution in [2.24, 2.45) is 0 Å². The van der Waals surface area contributed by atoms with Crippen LogP contribution >= 0.6 is 54.3 Å². The number of benzene rings is 5. The summed E-state index contributed by atoms with van der Waals surface area (Å²) in [6.45, 7) is 0. The fourth-order valence-corrected chi connectivity index (χ4v) is 8.46. The molecule has 7 aromatic rings. The molecule has 0 atom stereocenters. The van der Waals surface area contributed by atoms with Gasteiger partial charge in [0, 0.05) is 47.8 Å². The van der Waals surface area contributed by atoms with E-state index in [1.165, 1.54) is 63.2 Å². The molecule has 0 saturated carbocycles. The predicted molar refractivity (Wildman–Crippen MR) is 214 cm³/mol. The van der Waals surface area contributed by atoms with Gasteiger partial charge in [-0.2, -0.15) is 26.3 Å². The Kier molecular flexibility index (Phi) is 12.0. The van der Waals surface area contributed by atoms with Crippen LogP contribution in [0.4, 0.5) is 26.3 Å². The minimum absolute atomic E-state index is 0.0657. The van der Waals surface area contributed by atoms with Gasteiger partial charge in [-0.1, -0.05) is 30.3 Å². The smallest absolute Gasteiger partial charge is 0.276 e. The van der Waals surface area contributed by atoms with Gasteiger partial charge in [0.05, 0.1) is 38.4 Å². The van der Waals surface area contributed by atoms with Crippen molar-refractivity contribution in [2.45, 2.75) is 27.9 Å². The molecule has 0 N–H and O–H groups in total. The number of pyridine rings is 2. The largest absolute Gasteiger partial charge is 0.416 e. The SMILES string of the molecule is O=c1ccc2cc(S(=O)(=O)Cl)ccc2n1-c1ccc(C(F)(F)F)cc1Br.O=c1ccc2cc(SCc3ccccc3)ccc2n1-c1ccc(C(F)(F)F)cc1Br. The summed E-state index contributed by atoms with van der Waals surface area (Å²) >= 11 is 7.94. The number of rotatable bonds is 6. The number of aromatic nitrogens is 2. The average Bonchev–Trinajstić information content (AvgIpc) is 3.14. The van der Waals surface area contributed by atoms with Gasteiger partial charge in [0.15, 0.2) is 0 Å². The van der Waals surface area contributed by atoms with E-state index in [0.717, 1.165) is 40.3 Å². The third kappa shape index (κ3) is 9.26. The first-order valence-electron chi connectivity index (χ1n) is 16.0. The number of hydrogen-bond donors (Lipinski definition) is 0. The maximum Gasteiger partial charge on any atom is 0.416 e. The van der Waals surface area contributed by atoms with Crippen LogP contribution in [0.5, 0.6) is 0 Å². The summed E-state index contributed by atoms with van der Waals surface area (Å²) in [5.74, 6) is 0.816. The summed E-state index contributed by atoms with van der Waals surface area (Å²) in [5, 5.41) is 1.22. The quantitative estimate of drug-likeness (QED) is 0.0943. The van der Waals surface area contributed by atoms with Gasteiger partial charge in [-0.05, 0) is 128 Å². The van der Waals surface area contributed by atoms with Crippen LogP contribution in [0.3, 0.4) is 0 Å². The predicted octanol–water partition coefficient (Wildman–Crippen LogP) is 11.8. The van der Waals surface area contributed by atoms with E-state index in [1.54, 1.807) is 17.8 Å². The Balaban J connectivity index is 0.000000192. The normalized spacial score (nSPS) is 12.1. The molecule has 7 rings (SSSR count). The fraction of sp³-hybridized carbons (Fsp3) is 0.0769. The number of fused-ring (bicyclic) bond motifs is 2. The number of halogens is 9. The summed E-state index contributed by atoms with van der Waals surface area (Å²) in [5.41, 5.74) is 0.281. The molecule has 0 radical (unpaired) electrons. The molecule has 0 spiro atoms. The van der Waals surface area contributed by atoms with Crippen LogP contribution in [0.2, 0.25) is 0 Å². The van der Waals surface area contributed by atoms with Crippen LogP contribution in [-0.4, -0.2) is 17.6 Å². The summed E-state index contributed by atoms with van der Waals surface area (Å²) in [4.78, 5) is 25.8. The highest BCUT2D eigenvalue weighted by molar-refractivity contribution is 9.11. The van der Waals surface area contributed by atoms with Crippen molar-refractivity contribution in [3.8, 4) is 11.4 Å². The lowest BCUT2D eigenvalue weighted by Crippen LogP contribution is -2.18. The minimum Gasteiger partial charge on any atom is -0.276 e. The second kappa shape index (κ2) is 16.3. The van der Waals surface area contributed by atoms with Crippen molar-refractivity contribution in [3.63, 3.8) is 0 Å². The molecule has 288 valence electrons. The average molecular weight is 957 g/mol. The lowest BCUT2D eigenvalue weighted by molar-refractivity contribution is -0.138. The molecule has 56 heavy (non-hydrogen) atoms. The van der Waals surface area contributed by atoms with Gasteiger partial charge in [0.1, 0.15) is 0 Å². The second-order valence-corrected chi connectivity index (χ2v) is 17.3. The van der Waals surface area contributed by atoms with E-state index in [2.05, 4.69) is 44.0 Å². The van der Waals surface area contributed by atoms with Gasteiger partial charge >= 0.3 is 12.4 Å². The van der Waals surface area contributed by atoms with Gasteiger partial charge in [-0.15, -0.1) is 11.8 Å². The van der Waals surface area contributed by atoms with E-state index in [-0.39, 0.29) is 25.1 Å². The van der Waals surface area contributed by atoms with Crippen LogP contribution in [0.25, 0.3) is 33.2 Å². The Labute approximate surface area is 340 Å². The Morgan fingerprint density at radius 1 is 0.589 bits per heavy atom. The molecule has 6 nitrogen and oxygen atoms in total. The minimum atomic E-state index is -4.52. The van der Waals surface area contributed by atoms with Crippen molar-refractivity contribution in [1.29, 1.82) is 0 Å². The topological polar surface area (TPSA) is 78.1 Å². The summed E-state index contributed by atoms with van der Waals surface area (Å²) < 4.78 is 103. The monoisotopic (exact) mass is 954 g/mol. The molecule has 17 heteroatoms. The number of nitrogens with zero attached hydrogens (tertiary/aromatic N) is 2. The van der Waals surface area contributed by atoms with Gasteiger partial charge in [-0.3, -0.25) is 18.7 Å². The first kappa shape index (κ1) is 41.3. The Morgan fingerprint density at radius 3 is 1.54 bits per heavy atom. The van der Waals surface area contributed by atoms with Crippen molar-refractivity contribution in [1.82, 2.24) is 9.13 Å². The zero-order valence-corrected chi connectivity index (χ0v) is 33.6. The van der Waals surface area contributed by atoms with E-state index in [0.29, 0.717) is 22.1 Å². The van der Waals surface area contributed by atoms with Crippen LogP contribution < -0.4 is 11.1 Å². The standard InChI is InChI=1S/C23H15BrF3NOS.C16H8BrClF3NO3S/c24-19-13-17(23(25,26)27)7-9-21(19)28-20-10-8-18(12-16(20)6-11-22(28)29)30-14-15-4-2-1-3-5-15;17-12-8-10(16(19,20)21)2-4-14(12)22-13-5-3-11(26(18,24)25)7-9(13)1-6-15(22)23/h1-13H,14H2;1-8H. The van der Waals surface area contributed by atoms with E-state index in [1.807, 2.05) is 36.4 Å². The summed E-state index contributed by atoms with van der Waals surface area (Å²) in [6.07, 6.45) is -8.97. The van der Waals surface area contributed by atoms with E-state index < -0.39 is 38.1 Å². The van der Waals surface area contributed by atoms with E-state index in [9.17, 15) is 44.3 Å². The zero-order chi connectivity index (χ0) is 40.6. The molecule has 0 amide bonds. The first-order valence-corrected chi connectivity index (χ1v) is 20.9. The molecule has 0 aliphatic carbocycles. The third-order valence-corrected chi connectivity index (χ3v) is 12.0. The molecular weight excluding hydrogens is 934 g/mol. The Bertz CT molecular complexity index is 2850. The van der Waals surface area contributed by atoms with Crippen molar-refractivity contribution in [3.05, 3.63) is 174 Å². The summed E-state index contributed by atoms with van der Waals surface area (Å²) in [6, 6.07) is 31.7. The molecule has 2 aromatic heterocycles. The van der Waals surface area contributed by atoms with Crippen LogP contribution in [0.15, 0.2) is 156 Å². The summed E-state index contributed by atoms with van der Waals surface area (Å²) in [7, 11) is 1.36. The number of alkyl halides is 6. The van der Waals surface area contributed by atoms with Crippen molar-refractivity contribution < 1.29 is 34.8 Å². The molecular formula is C39H23Br2ClF6N2O4S2. The van der Waals surface area contributed by atoms with Crippen LogP contribution in [-0.2, 0) is 27.2 Å². The second-order valence-electron chi connectivity index (χ2n) is 12.0. The molecule has 2 heterocycles. The van der Waals surface area contributed by atoms with E-state index in [4.69, 9.17) is 10.7 Å².